The zero-order valence-corrected chi connectivity index (χ0v) is 17.6. The highest BCUT2D eigenvalue weighted by molar-refractivity contribution is 7.81. The van der Waals surface area contributed by atoms with Crippen molar-refractivity contribution in [1.29, 1.82) is 0 Å². The van der Waals surface area contributed by atoms with E-state index in [9.17, 15) is 18.4 Å². The van der Waals surface area contributed by atoms with Crippen molar-refractivity contribution in [3.05, 3.63) is 28.8 Å². The number of benzene rings is 1. The molecule has 160 valence electrons. The first-order valence-electron chi connectivity index (χ1n) is 9.62. The predicted molar refractivity (Wildman–Crippen MR) is 112 cm³/mol. The van der Waals surface area contributed by atoms with Crippen LogP contribution in [0.1, 0.15) is 23.2 Å². The normalized spacial score (nSPS) is 18.6. The van der Waals surface area contributed by atoms with Gasteiger partial charge in [0, 0.05) is 37.9 Å². The van der Waals surface area contributed by atoms with E-state index in [0.717, 1.165) is 44.7 Å². The zero-order valence-electron chi connectivity index (χ0n) is 15.9. The summed E-state index contributed by atoms with van der Waals surface area (Å²) in [5, 5.41) is 5.76. The Morgan fingerprint density at radius 1 is 1.24 bits per heavy atom. The smallest absolute Gasteiger partial charge is 0.255 e. The molecule has 0 aromatic heterocycles. The molecule has 6 nitrogen and oxygen atoms in total. The van der Waals surface area contributed by atoms with Gasteiger partial charge >= 0.3 is 0 Å². The van der Waals surface area contributed by atoms with E-state index in [1.807, 2.05) is 4.90 Å². The molecule has 0 atom stereocenters. The number of piperidine rings is 1. The Hall–Kier alpha value is -1.58. The highest BCUT2D eigenvalue weighted by atomic mass is 35.5. The number of rotatable bonds is 7. The topological polar surface area (TPSA) is 64.7 Å². The lowest BCUT2D eigenvalue weighted by Crippen LogP contribution is -2.60. The molecule has 2 fully saturated rings. The summed E-state index contributed by atoms with van der Waals surface area (Å²) < 4.78 is 24.4. The minimum atomic E-state index is -2.60. The van der Waals surface area contributed by atoms with Crippen LogP contribution in [0.5, 0.6) is 0 Å². The van der Waals surface area contributed by atoms with Crippen LogP contribution in [0.3, 0.4) is 0 Å². The average Bonchev–Trinajstić information content (AvgIpc) is 2.68. The number of nitrogens with zero attached hydrogens (tertiary/aromatic N) is 2. The molecule has 0 bridgehead atoms. The summed E-state index contributed by atoms with van der Waals surface area (Å²) in [4.78, 5) is 27.9. The number of carbonyl (C=O) groups excluding carboxylic acids is 2. The second-order valence-corrected chi connectivity index (χ2v) is 8.08. The molecule has 2 N–H and O–H groups in total. The highest BCUT2D eigenvalue weighted by Gasteiger charge is 2.34. The average molecular weight is 447 g/mol. The van der Waals surface area contributed by atoms with Crippen LogP contribution in [0.15, 0.2) is 18.2 Å². The molecule has 0 spiro atoms. The molecule has 0 unspecified atom stereocenters. The number of anilines is 1. The molecule has 0 saturated carbocycles. The first kappa shape index (κ1) is 22.1. The lowest BCUT2D eigenvalue weighted by atomic mass is 9.97. The summed E-state index contributed by atoms with van der Waals surface area (Å²) in [6.07, 6.45) is -0.656. The molecule has 2 saturated heterocycles. The van der Waals surface area contributed by atoms with E-state index in [1.165, 1.54) is 6.07 Å². The largest absolute Gasteiger partial charge is 0.380 e. The van der Waals surface area contributed by atoms with E-state index in [4.69, 9.17) is 11.6 Å². The number of amides is 2. The second kappa shape index (κ2) is 9.95. The molecule has 3 rings (SSSR count). The van der Waals surface area contributed by atoms with Gasteiger partial charge in [0.05, 0.1) is 28.9 Å². The first-order valence-corrected chi connectivity index (χ1v) is 10.6. The number of alkyl halides is 2. The van der Waals surface area contributed by atoms with Gasteiger partial charge in [-0.05, 0) is 31.0 Å². The molecule has 2 heterocycles. The number of hydrogen-bond acceptors (Lipinski definition) is 5. The van der Waals surface area contributed by atoms with Crippen LogP contribution in [0, 0.1) is 0 Å². The van der Waals surface area contributed by atoms with Crippen LogP contribution >= 0.6 is 24.2 Å². The van der Waals surface area contributed by atoms with Crippen LogP contribution in [0.2, 0.25) is 5.02 Å². The van der Waals surface area contributed by atoms with Crippen molar-refractivity contribution in [3.63, 3.8) is 0 Å². The Bertz CT molecular complexity index is 741. The van der Waals surface area contributed by atoms with Crippen LogP contribution in [0.4, 0.5) is 14.5 Å². The SMILES string of the molecule is O=C(NCC(F)F)c1ccc(NC2CN(C3CCN(C(=O)CS)CC3)C2)cc1Cl. The van der Waals surface area contributed by atoms with E-state index in [1.54, 1.807) is 12.1 Å². The van der Waals surface area contributed by atoms with Crippen LogP contribution in [-0.2, 0) is 4.79 Å². The number of hydrogen-bond donors (Lipinski definition) is 3. The summed E-state index contributed by atoms with van der Waals surface area (Å²) >= 11 is 10.2. The van der Waals surface area contributed by atoms with Crippen LogP contribution < -0.4 is 10.6 Å². The molecular weight excluding hydrogens is 422 g/mol. The monoisotopic (exact) mass is 446 g/mol. The summed E-state index contributed by atoms with van der Waals surface area (Å²) in [5.41, 5.74) is 0.967. The fourth-order valence-electron chi connectivity index (χ4n) is 3.77. The van der Waals surface area contributed by atoms with E-state index in [0.29, 0.717) is 6.04 Å². The summed E-state index contributed by atoms with van der Waals surface area (Å²) in [6, 6.07) is 5.68. The lowest BCUT2D eigenvalue weighted by Gasteiger charge is -2.47. The van der Waals surface area contributed by atoms with Gasteiger partial charge in [-0.15, -0.1) is 0 Å². The number of halogens is 3. The van der Waals surface area contributed by atoms with Gasteiger partial charge in [-0.3, -0.25) is 14.5 Å². The zero-order chi connectivity index (χ0) is 21.0. The molecule has 1 aromatic carbocycles. The summed E-state index contributed by atoms with van der Waals surface area (Å²) in [6.45, 7) is 2.67. The van der Waals surface area contributed by atoms with Gasteiger partial charge in [-0.2, -0.15) is 12.6 Å². The van der Waals surface area contributed by atoms with Crippen molar-refractivity contribution in [1.82, 2.24) is 15.1 Å². The third-order valence-electron chi connectivity index (χ3n) is 5.38. The van der Waals surface area contributed by atoms with Crippen molar-refractivity contribution < 1.29 is 18.4 Å². The van der Waals surface area contributed by atoms with E-state index < -0.39 is 18.9 Å². The van der Waals surface area contributed by atoms with Gasteiger partial charge in [0.2, 0.25) is 5.91 Å². The minimum absolute atomic E-state index is 0.0955. The number of thiol groups is 1. The first-order chi connectivity index (χ1) is 13.9. The van der Waals surface area contributed by atoms with Crippen molar-refractivity contribution in [2.75, 3.05) is 43.8 Å². The third-order valence-corrected chi connectivity index (χ3v) is 5.96. The maximum Gasteiger partial charge on any atom is 0.255 e. The van der Waals surface area contributed by atoms with Gasteiger partial charge in [-0.25, -0.2) is 8.78 Å². The number of carbonyl (C=O) groups is 2. The molecule has 0 aliphatic carbocycles. The van der Waals surface area contributed by atoms with Crippen LogP contribution in [0.25, 0.3) is 0 Å². The summed E-state index contributed by atoms with van der Waals surface area (Å²) in [5.74, 6) is -0.257. The predicted octanol–water partition coefficient (Wildman–Crippen LogP) is 2.35. The standard InChI is InChI=1S/C19H25ClF2N4O2S/c20-16-7-12(1-2-15(16)19(28)23-8-17(21)22)24-13-9-26(10-13)14-3-5-25(6-4-14)18(27)11-29/h1-2,7,13-14,17,24,29H,3-6,8-11H2,(H,23,28). The fraction of sp³-hybridized carbons (Fsp3) is 0.579. The van der Waals surface area contributed by atoms with Gasteiger partial charge in [0.25, 0.3) is 12.3 Å². The lowest BCUT2D eigenvalue weighted by molar-refractivity contribution is -0.130. The second-order valence-electron chi connectivity index (χ2n) is 7.36. The molecule has 1 aromatic rings. The molecule has 2 aliphatic heterocycles. The van der Waals surface area contributed by atoms with Crippen molar-refractivity contribution in [2.24, 2.45) is 0 Å². The Balaban J connectivity index is 1.44. The fourth-order valence-corrected chi connectivity index (χ4v) is 4.24. The molecule has 2 amide bonds. The molecule has 0 radical (unpaired) electrons. The van der Waals surface area contributed by atoms with Crippen molar-refractivity contribution in [3.8, 4) is 0 Å². The van der Waals surface area contributed by atoms with Gasteiger partial charge < -0.3 is 15.5 Å². The Morgan fingerprint density at radius 2 is 1.93 bits per heavy atom. The number of likely N-dealkylation sites (tertiary alicyclic amines) is 2. The molecule has 10 heteroatoms. The molecule has 2 aliphatic rings. The van der Waals surface area contributed by atoms with Gasteiger partial charge in [0.1, 0.15) is 0 Å². The van der Waals surface area contributed by atoms with Crippen molar-refractivity contribution in [2.45, 2.75) is 31.4 Å². The van der Waals surface area contributed by atoms with Gasteiger partial charge in [0.15, 0.2) is 0 Å². The highest BCUT2D eigenvalue weighted by Crippen LogP contribution is 2.26. The Labute approximate surface area is 179 Å². The molecular formula is C19H25ClF2N4O2S. The van der Waals surface area contributed by atoms with E-state index >= 15 is 0 Å². The number of nitrogens with one attached hydrogen (secondary N) is 2. The summed E-state index contributed by atoms with van der Waals surface area (Å²) in [7, 11) is 0. The Kier molecular flexibility index (Phi) is 7.59. The van der Waals surface area contributed by atoms with Crippen LogP contribution in [-0.4, -0.2) is 78.6 Å². The third kappa shape index (κ3) is 5.73. The van der Waals surface area contributed by atoms with Crippen molar-refractivity contribution >= 4 is 41.7 Å². The molecule has 29 heavy (non-hydrogen) atoms. The Morgan fingerprint density at radius 3 is 2.52 bits per heavy atom. The van der Waals surface area contributed by atoms with E-state index in [2.05, 4.69) is 28.2 Å². The minimum Gasteiger partial charge on any atom is -0.380 e. The van der Waals surface area contributed by atoms with Gasteiger partial charge in [-0.1, -0.05) is 11.6 Å². The maximum atomic E-state index is 12.2. The van der Waals surface area contributed by atoms with E-state index in [-0.39, 0.29) is 28.3 Å². The quantitative estimate of drug-likeness (QED) is 0.563. The maximum absolute atomic E-state index is 12.2.